The van der Waals surface area contributed by atoms with Crippen LogP contribution >= 0.6 is 15.9 Å². The third-order valence-electron chi connectivity index (χ3n) is 5.64. The van der Waals surface area contributed by atoms with Crippen LogP contribution in [0.2, 0.25) is 0 Å². The van der Waals surface area contributed by atoms with Gasteiger partial charge in [0, 0.05) is 36.2 Å². The molecule has 2 rings (SSSR count). The van der Waals surface area contributed by atoms with Crippen LogP contribution in [0.4, 0.5) is 23.7 Å². The molecule has 0 aliphatic carbocycles. The monoisotopic (exact) mass is 602 g/mol. The van der Waals surface area contributed by atoms with Crippen LogP contribution in [-0.4, -0.2) is 60.6 Å². The van der Waals surface area contributed by atoms with Gasteiger partial charge < -0.3 is 24.8 Å². The third kappa shape index (κ3) is 12.6. The number of benzene rings is 2. The maximum Gasteiger partial charge on any atom is 0.389 e. The number of halogens is 4. The van der Waals surface area contributed by atoms with Crippen LogP contribution in [0.25, 0.3) is 0 Å². The second-order valence-corrected chi connectivity index (χ2v) is 9.60. The number of carbonyl (C=O) groups is 2. The molecular weight excluding hydrogens is 569 g/mol. The number of carboxylic acids is 1. The van der Waals surface area contributed by atoms with Crippen molar-refractivity contribution in [2.24, 2.45) is 0 Å². The lowest BCUT2D eigenvalue weighted by atomic mass is 10.1. The zero-order chi connectivity index (χ0) is 28.0. The highest BCUT2D eigenvalue weighted by Crippen LogP contribution is 2.23. The third-order valence-corrected chi connectivity index (χ3v) is 6.17. The van der Waals surface area contributed by atoms with Gasteiger partial charge in [-0.05, 0) is 61.7 Å². The normalized spacial score (nSPS) is 12.1. The Hall–Kier alpha value is -2.79. The number of alkyl halides is 3. The number of anilines is 1. The van der Waals surface area contributed by atoms with E-state index in [0.717, 1.165) is 10.0 Å². The number of rotatable bonds is 16. The summed E-state index contributed by atoms with van der Waals surface area (Å²) in [6.45, 7) is 2.90. The van der Waals surface area contributed by atoms with Crippen LogP contribution in [0, 0.1) is 0 Å². The van der Waals surface area contributed by atoms with E-state index in [1.54, 1.807) is 60.4 Å². The fourth-order valence-electron chi connectivity index (χ4n) is 3.66. The van der Waals surface area contributed by atoms with Crippen LogP contribution in [0.3, 0.4) is 0 Å². The molecule has 2 aromatic rings. The first-order valence-corrected chi connectivity index (χ1v) is 13.3. The molecule has 0 aliphatic rings. The number of carboxylic acid groups (broad SMARTS) is 1. The summed E-state index contributed by atoms with van der Waals surface area (Å²) in [6, 6.07) is 13.8. The van der Waals surface area contributed by atoms with E-state index in [1.165, 1.54) is 0 Å². The number of urea groups is 1. The van der Waals surface area contributed by atoms with Crippen molar-refractivity contribution in [1.29, 1.82) is 0 Å². The van der Waals surface area contributed by atoms with Gasteiger partial charge in [-0.3, -0.25) is 0 Å². The minimum absolute atomic E-state index is 0.0749. The molecule has 2 N–H and O–H groups in total. The largest absolute Gasteiger partial charge is 0.492 e. The predicted octanol–water partition coefficient (Wildman–Crippen LogP) is 6.91. The lowest BCUT2D eigenvalue weighted by Crippen LogP contribution is -2.38. The molecule has 1 unspecified atom stereocenters. The van der Waals surface area contributed by atoms with Crippen molar-refractivity contribution in [2.75, 3.05) is 31.6 Å². The minimum Gasteiger partial charge on any atom is -0.492 e. The molecular formula is C27H34BrF3N2O5. The van der Waals surface area contributed by atoms with Gasteiger partial charge in [-0.25, -0.2) is 9.59 Å². The highest BCUT2D eigenvalue weighted by Gasteiger charge is 2.25. The lowest BCUT2D eigenvalue weighted by molar-refractivity contribution is -0.150. The molecule has 0 heterocycles. The van der Waals surface area contributed by atoms with Crippen LogP contribution in [0.1, 0.15) is 44.6 Å². The van der Waals surface area contributed by atoms with Crippen molar-refractivity contribution >= 4 is 33.6 Å². The first-order valence-electron chi connectivity index (χ1n) is 12.5. The molecule has 7 nitrogen and oxygen atoms in total. The van der Waals surface area contributed by atoms with Gasteiger partial charge in [0.05, 0.1) is 6.54 Å². The van der Waals surface area contributed by atoms with Crippen LogP contribution in [0.5, 0.6) is 5.75 Å². The Kier molecular flexibility index (Phi) is 13.4. The molecule has 0 fully saturated rings. The van der Waals surface area contributed by atoms with E-state index in [2.05, 4.69) is 21.2 Å². The second-order valence-electron chi connectivity index (χ2n) is 8.68. The summed E-state index contributed by atoms with van der Waals surface area (Å²) in [5, 5.41) is 12.1. The number of ether oxygens (including phenoxy) is 2. The van der Waals surface area contributed by atoms with Crippen molar-refractivity contribution in [3.63, 3.8) is 0 Å². The molecule has 2 amide bonds. The zero-order valence-corrected chi connectivity index (χ0v) is 22.9. The van der Waals surface area contributed by atoms with E-state index in [-0.39, 0.29) is 32.0 Å². The molecule has 0 aromatic heterocycles. The number of amides is 2. The Balaban J connectivity index is 1.89. The number of nitrogens with one attached hydrogen (secondary N) is 1. The average molecular weight is 603 g/mol. The fourth-order valence-corrected chi connectivity index (χ4v) is 3.92. The summed E-state index contributed by atoms with van der Waals surface area (Å²) in [5.41, 5.74) is 1.41. The zero-order valence-electron chi connectivity index (χ0n) is 21.3. The Morgan fingerprint density at radius 3 is 2.26 bits per heavy atom. The predicted molar refractivity (Wildman–Crippen MR) is 143 cm³/mol. The van der Waals surface area contributed by atoms with Crippen LogP contribution in [0.15, 0.2) is 53.0 Å². The number of carbonyl (C=O) groups excluding carboxylic acids is 1. The van der Waals surface area contributed by atoms with E-state index < -0.39 is 24.7 Å². The Morgan fingerprint density at radius 1 is 1.00 bits per heavy atom. The Labute approximate surface area is 229 Å². The quantitative estimate of drug-likeness (QED) is 0.204. The number of hydrogen-bond donors (Lipinski definition) is 2. The van der Waals surface area contributed by atoms with Gasteiger partial charge in [0.15, 0.2) is 6.10 Å². The highest BCUT2D eigenvalue weighted by molar-refractivity contribution is 9.10. The van der Waals surface area contributed by atoms with Crippen molar-refractivity contribution in [1.82, 2.24) is 4.90 Å². The highest BCUT2D eigenvalue weighted by atomic mass is 79.9. The SMILES string of the molecule is CCOC(Cc1ccc(OCCN(CCCCCCC(F)(F)F)C(=O)Nc2ccc(Br)cc2)cc1)C(=O)O. The van der Waals surface area contributed by atoms with Crippen LogP contribution in [-0.2, 0) is 16.0 Å². The standard InChI is InChI=1S/C27H34BrF3N2O5/c1-2-37-24(25(34)35)19-20-7-13-23(14-8-20)38-18-17-33(16-6-4-3-5-15-27(29,30)31)26(36)32-22-11-9-21(28)10-12-22/h7-14,24H,2-6,15-19H2,1H3,(H,32,36)(H,34,35). The number of hydrogen-bond acceptors (Lipinski definition) is 4. The molecule has 1 atom stereocenters. The van der Waals surface area contributed by atoms with Gasteiger partial charge in [0.25, 0.3) is 0 Å². The molecule has 0 saturated heterocycles. The first-order chi connectivity index (χ1) is 18.1. The fraction of sp³-hybridized carbons (Fsp3) is 0.481. The molecule has 0 bridgehead atoms. The molecule has 210 valence electrons. The summed E-state index contributed by atoms with van der Waals surface area (Å²) in [6.07, 6.45) is -3.95. The first kappa shape index (κ1) is 31.4. The van der Waals surface area contributed by atoms with E-state index >= 15 is 0 Å². The van der Waals surface area contributed by atoms with E-state index in [9.17, 15) is 27.9 Å². The molecule has 11 heteroatoms. The summed E-state index contributed by atoms with van der Waals surface area (Å²) in [7, 11) is 0. The van der Waals surface area contributed by atoms with Gasteiger partial charge in [-0.2, -0.15) is 13.2 Å². The van der Waals surface area contributed by atoms with Gasteiger partial charge in [0.2, 0.25) is 0 Å². The molecule has 0 aliphatic heterocycles. The van der Waals surface area contributed by atoms with Crippen molar-refractivity contribution in [3.8, 4) is 5.75 Å². The molecule has 0 radical (unpaired) electrons. The van der Waals surface area contributed by atoms with E-state index in [4.69, 9.17) is 9.47 Å². The maximum atomic E-state index is 12.9. The minimum atomic E-state index is -4.15. The molecule has 38 heavy (non-hydrogen) atoms. The van der Waals surface area contributed by atoms with Crippen LogP contribution < -0.4 is 10.1 Å². The summed E-state index contributed by atoms with van der Waals surface area (Å²) < 4.78 is 48.9. The Morgan fingerprint density at radius 2 is 1.66 bits per heavy atom. The molecule has 0 spiro atoms. The summed E-state index contributed by atoms with van der Waals surface area (Å²) in [5.74, 6) is -0.452. The van der Waals surface area contributed by atoms with Crippen molar-refractivity contribution in [2.45, 2.75) is 57.7 Å². The van der Waals surface area contributed by atoms with Gasteiger partial charge >= 0.3 is 18.2 Å². The smallest absolute Gasteiger partial charge is 0.389 e. The topological polar surface area (TPSA) is 88.1 Å². The lowest BCUT2D eigenvalue weighted by Gasteiger charge is -2.23. The summed E-state index contributed by atoms with van der Waals surface area (Å²) in [4.78, 5) is 25.8. The number of aliphatic carboxylic acids is 1. The van der Waals surface area contributed by atoms with Crippen molar-refractivity contribution in [3.05, 3.63) is 58.6 Å². The van der Waals surface area contributed by atoms with Crippen molar-refractivity contribution < 1.29 is 37.3 Å². The van der Waals surface area contributed by atoms with E-state index in [0.29, 0.717) is 43.9 Å². The number of nitrogens with zero attached hydrogens (tertiary/aromatic N) is 1. The van der Waals surface area contributed by atoms with Gasteiger partial charge in [-0.1, -0.05) is 40.9 Å². The average Bonchev–Trinajstić information content (AvgIpc) is 2.86. The molecule has 0 saturated carbocycles. The van der Waals surface area contributed by atoms with E-state index in [1.807, 2.05) is 0 Å². The Bertz CT molecular complexity index is 988. The van der Waals surface area contributed by atoms with Gasteiger partial charge in [0.1, 0.15) is 12.4 Å². The second kappa shape index (κ2) is 16.2. The number of unbranched alkanes of at least 4 members (excludes halogenated alkanes) is 3. The van der Waals surface area contributed by atoms with Gasteiger partial charge in [-0.15, -0.1) is 0 Å². The summed E-state index contributed by atoms with van der Waals surface area (Å²) >= 11 is 3.35. The maximum absolute atomic E-state index is 12.9. The molecule has 2 aromatic carbocycles.